The van der Waals surface area contributed by atoms with Gasteiger partial charge in [-0.3, -0.25) is 19.3 Å². The van der Waals surface area contributed by atoms with Gasteiger partial charge < -0.3 is 20.3 Å². The molecule has 31 heavy (non-hydrogen) atoms. The second kappa shape index (κ2) is 11.6. The van der Waals surface area contributed by atoms with Crippen molar-refractivity contribution in [3.8, 4) is 0 Å². The van der Waals surface area contributed by atoms with Crippen LogP contribution in [0.3, 0.4) is 0 Å². The lowest BCUT2D eigenvalue weighted by atomic mass is 10.1. The molecule has 0 aromatic heterocycles. The van der Waals surface area contributed by atoms with Gasteiger partial charge in [0.25, 0.3) is 5.91 Å². The van der Waals surface area contributed by atoms with E-state index >= 15 is 0 Å². The second-order valence-electron chi connectivity index (χ2n) is 8.00. The molecule has 8 nitrogen and oxygen atoms in total. The van der Waals surface area contributed by atoms with Gasteiger partial charge in [-0.05, 0) is 43.0 Å². The van der Waals surface area contributed by atoms with E-state index in [0.717, 1.165) is 24.8 Å². The molecule has 1 saturated heterocycles. The molecule has 1 aromatic carbocycles. The Morgan fingerprint density at radius 3 is 2.45 bits per heavy atom. The summed E-state index contributed by atoms with van der Waals surface area (Å²) in [5.41, 5.74) is 1.51. The van der Waals surface area contributed by atoms with E-state index in [4.69, 9.17) is 4.74 Å². The number of carbonyl (C=O) groups is 3. The zero-order valence-corrected chi connectivity index (χ0v) is 18.1. The predicted molar refractivity (Wildman–Crippen MR) is 118 cm³/mol. The van der Waals surface area contributed by atoms with Crippen molar-refractivity contribution in [3.05, 3.63) is 41.5 Å². The van der Waals surface area contributed by atoms with Crippen molar-refractivity contribution < 1.29 is 19.1 Å². The first kappa shape index (κ1) is 23.0. The Labute approximate surface area is 183 Å². The SMILES string of the molecule is COCCCNC(=O)CN1CCN(C(=O)/C=C/c2ccc(C(=O)NC3CC3)cc2)CC1. The molecule has 1 aliphatic carbocycles. The first-order valence-corrected chi connectivity index (χ1v) is 10.9. The summed E-state index contributed by atoms with van der Waals surface area (Å²) in [6.45, 7) is 4.15. The quantitative estimate of drug-likeness (QED) is 0.427. The Morgan fingerprint density at radius 2 is 1.81 bits per heavy atom. The highest BCUT2D eigenvalue weighted by molar-refractivity contribution is 5.95. The van der Waals surface area contributed by atoms with Crippen LogP contribution in [-0.2, 0) is 14.3 Å². The third kappa shape index (κ3) is 7.80. The summed E-state index contributed by atoms with van der Waals surface area (Å²) in [5, 5.41) is 5.84. The molecule has 2 aliphatic rings. The molecule has 0 atom stereocenters. The fourth-order valence-corrected chi connectivity index (χ4v) is 3.34. The third-order valence-electron chi connectivity index (χ3n) is 5.40. The smallest absolute Gasteiger partial charge is 0.251 e. The molecule has 1 heterocycles. The Hall–Kier alpha value is -2.71. The largest absolute Gasteiger partial charge is 0.385 e. The number of piperazine rings is 1. The first-order valence-electron chi connectivity index (χ1n) is 10.9. The fourth-order valence-electron chi connectivity index (χ4n) is 3.34. The number of ether oxygens (including phenoxy) is 1. The highest BCUT2D eigenvalue weighted by Gasteiger charge is 2.24. The average Bonchev–Trinajstić information content (AvgIpc) is 3.60. The summed E-state index contributed by atoms with van der Waals surface area (Å²) in [7, 11) is 1.64. The molecule has 3 rings (SSSR count). The number of nitrogens with zero attached hydrogens (tertiary/aromatic N) is 2. The topological polar surface area (TPSA) is 91.0 Å². The van der Waals surface area contributed by atoms with E-state index in [2.05, 4.69) is 15.5 Å². The number of hydrogen-bond acceptors (Lipinski definition) is 5. The standard InChI is InChI=1S/C23H32N4O4/c1-31-16-2-11-24-21(28)17-26-12-14-27(15-13-26)22(29)10-5-18-3-6-19(7-4-18)23(30)25-20-8-9-20/h3-7,10,20H,2,8-9,11-17H2,1H3,(H,24,28)(H,25,30)/b10-5+. The van der Waals surface area contributed by atoms with E-state index in [1.54, 1.807) is 36.3 Å². The van der Waals surface area contributed by atoms with E-state index in [-0.39, 0.29) is 17.7 Å². The summed E-state index contributed by atoms with van der Waals surface area (Å²) in [6.07, 6.45) is 6.26. The lowest BCUT2D eigenvalue weighted by molar-refractivity contribution is -0.128. The molecule has 0 bridgehead atoms. The van der Waals surface area contributed by atoms with Crippen LogP contribution in [0.1, 0.15) is 35.2 Å². The van der Waals surface area contributed by atoms with Crippen molar-refractivity contribution in [1.29, 1.82) is 0 Å². The highest BCUT2D eigenvalue weighted by atomic mass is 16.5. The summed E-state index contributed by atoms with van der Waals surface area (Å²) < 4.78 is 4.96. The molecule has 0 unspecified atom stereocenters. The lowest BCUT2D eigenvalue weighted by Gasteiger charge is -2.33. The highest BCUT2D eigenvalue weighted by Crippen LogP contribution is 2.19. The zero-order valence-electron chi connectivity index (χ0n) is 18.1. The normalized spacial score (nSPS) is 17.0. The van der Waals surface area contributed by atoms with Crippen molar-refractivity contribution in [2.24, 2.45) is 0 Å². The minimum Gasteiger partial charge on any atom is -0.385 e. The van der Waals surface area contributed by atoms with Gasteiger partial charge in [0.1, 0.15) is 0 Å². The number of rotatable bonds is 10. The number of carbonyl (C=O) groups excluding carboxylic acids is 3. The van der Waals surface area contributed by atoms with Crippen molar-refractivity contribution >= 4 is 23.8 Å². The van der Waals surface area contributed by atoms with Crippen LogP contribution in [0.4, 0.5) is 0 Å². The molecule has 8 heteroatoms. The van der Waals surface area contributed by atoms with Gasteiger partial charge in [0.2, 0.25) is 11.8 Å². The minimum atomic E-state index is -0.0457. The number of methoxy groups -OCH3 is 1. The monoisotopic (exact) mass is 428 g/mol. The van der Waals surface area contributed by atoms with Gasteiger partial charge in [-0.2, -0.15) is 0 Å². The maximum atomic E-state index is 12.5. The molecule has 1 saturated carbocycles. The molecular weight excluding hydrogens is 396 g/mol. The van der Waals surface area contributed by atoms with Crippen LogP contribution in [0.2, 0.25) is 0 Å². The van der Waals surface area contributed by atoms with Crippen LogP contribution in [0.25, 0.3) is 6.08 Å². The van der Waals surface area contributed by atoms with Gasteiger partial charge in [-0.1, -0.05) is 12.1 Å². The van der Waals surface area contributed by atoms with Crippen LogP contribution in [0.5, 0.6) is 0 Å². The summed E-state index contributed by atoms with van der Waals surface area (Å²) >= 11 is 0. The molecule has 1 aliphatic heterocycles. The van der Waals surface area contributed by atoms with E-state index < -0.39 is 0 Å². The number of hydrogen-bond donors (Lipinski definition) is 2. The second-order valence-corrected chi connectivity index (χ2v) is 8.00. The van der Waals surface area contributed by atoms with E-state index in [1.807, 2.05) is 12.1 Å². The van der Waals surface area contributed by atoms with Crippen molar-refractivity contribution in [2.45, 2.75) is 25.3 Å². The van der Waals surface area contributed by atoms with Gasteiger partial charge in [0, 0.05) is 64.1 Å². The molecule has 3 amide bonds. The van der Waals surface area contributed by atoms with Crippen molar-refractivity contribution in [2.75, 3.05) is 53.0 Å². The molecule has 1 aromatic rings. The Kier molecular flexibility index (Phi) is 8.61. The van der Waals surface area contributed by atoms with Crippen molar-refractivity contribution in [1.82, 2.24) is 20.4 Å². The zero-order chi connectivity index (χ0) is 22.1. The maximum absolute atomic E-state index is 12.5. The molecular formula is C23H32N4O4. The van der Waals surface area contributed by atoms with Gasteiger partial charge in [0.05, 0.1) is 6.54 Å². The molecule has 0 radical (unpaired) electrons. The van der Waals surface area contributed by atoms with Crippen LogP contribution in [-0.4, -0.2) is 86.5 Å². The van der Waals surface area contributed by atoms with Crippen molar-refractivity contribution in [3.63, 3.8) is 0 Å². The number of amides is 3. The predicted octanol–water partition coefficient (Wildman–Crippen LogP) is 0.889. The van der Waals surface area contributed by atoms with E-state index in [9.17, 15) is 14.4 Å². The fraction of sp³-hybridized carbons (Fsp3) is 0.522. The molecule has 2 N–H and O–H groups in total. The third-order valence-corrected chi connectivity index (χ3v) is 5.40. The van der Waals surface area contributed by atoms with E-state index in [0.29, 0.717) is 57.5 Å². The number of benzene rings is 1. The van der Waals surface area contributed by atoms with Gasteiger partial charge >= 0.3 is 0 Å². The molecule has 2 fully saturated rings. The average molecular weight is 429 g/mol. The van der Waals surface area contributed by atoms with Crippen LogP contribution in [0.15, 0.2) is 30.3 Å². The summed E-state index contributed by atoms with van der Waals surface area (Å²) in [5.74, 6) is -0.0834. The molecule has 0 spiro atoms. The Bertz CT molecular complexity index is 781. The Balaban J connectivity index is 1.37. The summed E-state index contributed by atoms with van der Waals surface area (Å²) in [4.78, 5) is 40.3. The van der Waals surface area contributed by atoms with Gasteiger partial charge in [0.15, 0.2) is 0 Å². The first-order chi connectivity index (χ1) is 15.0. The summed E-state index contributed by atoms with van der Waals surface area (Å²) in [6, 6.07) is 7.58. The molecule has 168 valence electrons. The van der Waals surface area contributed by atoms with Crippen LogP contribution < -0.4 is 10.6 Å². The maximum Gasteiger partial charge on any atom is 0.251 e. The lowest BCUT2D eigenvalue weighted by Crippen LogP contribution is -2.50. The van der Waals surface area contributed by atoms with Crippen LogP contribution in [0, 0.1) is 0 Å². The van der Waals surface area contributed by atoms with Crippen LogP contribution >= 0.6 is 0 Å². The minimum absolute atomic E-state index is 0.00466. The number of nitrogens with one attached hydrogen (secondary N) is 2. The van der Waals surface area contributed by atoms with Gasteiger partial charge in [-0.15, -0.1) is 0 Å². The van der Waals surface area contributed by atoms with E-state index in [1.165, 1.54) is 0 Å². The Morgan fingerprint density at radius 1 is 1.10 bits per heavy atom. The van der Waals surface area contributed by atoms with Gasteiger partial charge in [-0.25, -0.2) is 0 Å².